The molecule has 0 atom stereocenters. The van der Waals surface area contributed by atoms with Crippen molar-refractivity contribution in [3.05, 3.63) is 33.6 Å². The molecule has 0 unspecified atom stereocenters. The summed E-state index contributed by atoms with van der Waals surface area (Å²) in [6, 6.07) is 5.10. The molecule has 0 spiro atoms. The van der Waals surface area contributed by atoms with Gasteiger partial charge < -0.3 is 0 Å². The zero-order chi connectivity index (χ0) is 8.43. The van der Waals surface area contributed by atoms with Crippen molar-refractivity contribution in [3.63, 3.8) is 0 Å². The number of nitriles is 1. The summed E-state index contributed by atoms with van der Waals surface area (Å²) >= 11 is 10.8. The normalized spacial score (nSPS) is 9.27. The van der Waals surface area contributed by atoms with Crippen LogP contribution in [0.1, 0.15) is 5.56 Å². The van der Waals surface area contributed by atoms with Crippen LogP contribution in [0.3, 0.4) is 0 Å². The molecule has 55 valence electrons. The maximum atomic E-state index is 12.7. The van der Waals surface area contributed by atoms with Crippen LogP contribution >= 0.6 is 23.2 Å². The Morgan fingerprint density at radius 1 is 1.55 bits per heavy atom. The Morgan fingerprint density at radius 2 is 2.18 bits per heavy atom. The van der Waals surface area contributed by atoms with Gasteiger partial charge in [0.2, 0.25) is 0 Å². The molecule has 0 fully saturated rings. The number of nitrogens with zero attached hydrogens (tertiary/aromatic N) is 1. The van der Waals surface area contributed by atoms with E-state index in [1.54, 1.807) is 6.07 Å². The Labute approximate surface area is 73.0 Å². The second-order valence-electron chi connectivity index (χ2n) is 1.77. The zero-order valence-electron chi connectivity index (χ0n) is 5.16. The molecule has 11 heavy (non-hydrogen) atoms. The van der Waals surface area contributed by atoms with E-state index in [1.165, 1.54) is 6.07 Å². The predicted octanol–water partition coefficient (Wildman–Crippen LogP) is 2.80. The maximum absolute atomic E-state index is 12.7. The summed E-state index contributed by atoms with van der Waals surface area (Å²) in [5.41, 5.74) is -0.168. The van der Waals surface area contributed by atoms with E-state index in [4.69, 9.17) is 28.5 Å². The predicted molar refractivity (Wildman–Crippen MR) is 40.0 cm³/mol. The number of halogens is 3. The van der Waals surface area contributed by atoms with Gasteiger partial charge in [-0.3, -0.25) is 0 Å². The van der Waals surface area contributed by atoms with Crippen molar-refractivity contribution in [2.75, 3.05) is 0 Å². The fourth-order valence-electron chi connectivity index (χ4n) is 0.585. The first-order valence-corrected chi connectivity index (χ1v) is 3.37. The highest BCUT2D eigenvalue weighted by Crippen LogP contribution is 2.22. The molecular weight excluding hydrogens is 188 g/mol. The van der Waals surface area contributed by atoms with E-state index in [-0.39, 0.29) is 15.6 Å². The Bertz CT molecular complexity index is 330. The van der Waals surface area contributed by atoms with Gasteiger partial charge in [0.1, 0.15) is 6.07 Å². The largest absolute Gasteiger partial charge is 0.204 e. The van der Waals surface area contributed by atoms with E-state index in [9.17, 15) is 4.39 Å². The minimum Gasteiger partial charge on any atom is -0.204 e. The monoisotopic (exact) mass is 188 g/mol. The molecule has 0 aliphatic heterocycles. The van der Waals surface area contributed by atoms with Crippen molar-refractivity contribution >= 4 is 23.2 Å². The number of hydrogen-bond acceptors (Lipinski definition) is 1. The third-order valence-corrected chi connectivity index (χ3v) is 1.51. The van der Waals surface area contributed by atoms with Gasteiger partial charge in [-0.2, -0.15) is 5.26 Å². The first-order valence-electron chi connectivity index (χ1n) is 2.62. The van der Waals surface area contributed by atoms with Crippen LogP contribution in [0.4, 0.5) is 4.39 Å². The van der Waals surface area contributed by atoms with Crippen molar-refractivity contribution in [1.82, 2.24) is 0 Å². The molecule has 0 bridgehead atoms. The molecule has 0 aliphatic carbocycles. The van der Waals surface area contributed by atoms with Gasteiger partial charge >= 0.3 is 0 Å². The first kappa shape index (κ1) is 8.32. The van der Waals surface area contributed by atoms with Crippen molar-refractivity contribution in [3.8, 4) is 6.07 Å². The summed E-state index contributed by atoms with van der Waals surface area (Å²) in [7, 11) is 0. The lowest BCUT2D eigenvalue weighted by Gasteiger charge is -1.95. The summed E-state index contributed by atoms with van der Waals surface area (Å²) < 4.78 is 12.7. The number of rotatable bonds is 0. The van der Waals surface area contributed by atoms with E-state index in [0.717, 1.165) is 0 Å². The van der Waals surface area contributed by atoms with Gasteiger partial charge in [0, 0.05) is 6.07 Å². The lowest BCUT2D eigenvalue weighted by Crippen LogP contribution is -1.84. The van der Waals surface area contributed by atoms with Gasteiger partial charge in [-0.1, -0.05) is 23.2 Å². The molecule has 1 rings (SSSR count). The van der Waals surface area contributed by atoms with Crippen LogP contribution in [0.15, 0.2) is 6.07 Å². The number of hydrogen-bond donors (Lipinski definition) is 0. The molecule has 0 N–H and O–H groups in total. The molecule has 0 saturated heterocycles. The lowest BCUT2D eigenvalue weighted by molar-refractivity contribution is 0.624. The van der Waals surface area contributed by atoms with Gasteiger partial charge in [0.15, 0.2) is 5.82 Å². The summed E-state index contributed by atoms with van der Waals surface area (Å²) in [5.74, 6) is -0.779. The molecule has 0 amide bonds. The minimum absolute atomic E-state index is 0.132. The summed E-state index contributed by atoms with van der Waals surface area (Å²) in [6.07, 6.45) is 0. The fourth-order valence-corrected chi connectivity index (χ4v) is 1.04. The minimum atomic E-state index is -0.779. The Balaban J connectivity index is 3.39. The van der Waals surface area contributed by atoms with Crippen molar-refractivity contribution in [1.29, 1.82) is 5.26 Å². The summed E-state index contributed by atoms with van der Waals surface area (Å²) in [5, 5.41) is 8.22. The second-order valence-corrected chi connectivity index (χ2v) is 2.56. The molecule has 0 aliphatic rings. The smallest absolute Gasteiger partial charge is 0.160 e. The molecule has 0 heterocycles. The standard InChI is InChI=1S/C7HCl2FN/c8-5-1-4(3-11)7(10)6(9)2-5/h1H. The molecule has 0 aromatic heterocycles. The van der Waals surface area contributed by atoms with Crippen LogP contribution in [0.2, 0.25) is 10.0 Å². The van der Waals surface area contributed by atoms with E-state index >= 15 is 0 Å². The topological polar surface area (TPSA) is 23.8 Å². The van der Waals surface area contributed by atoms with Crippen LogP contribution in [-0.4, -0.2) is 0 Å². The Kier molecular flexibility index (Phi) is 2.33. The third kappa shape index (κ3) is 1.62. The second kappa shape index (κ2) is 3.08. The summed E-state index contributed by atoms with van der Waals surface area (Å²) in [4.78, 5) is 0. The van der Waals surface area contributed by atoms with Crippen LogP contribution in [0.5, 0.6) is 0 Å². The molecule has 1 aromatic carbocycles. The molecular formula is C7HCl2FN. The first-order chi connectivity index (χ1) is 5.15. The van der Waals surface area contributed by atoms with E-state index < -0.39 is 5.82 Å². The quantitative estimate of drug-likeness (QED) is 0.575. The molecule has 1 aromatic rings. The van der Waals surface area contributed by atoms with Crippen LogP contribution < -0.4 is 0 Å². The third-order valence-electron chi connectivity index (χ3n) is 1.05. The van der Waals surface area contributed by atoms with Crippen molar-refractivity contribution < 1.29 is 4.39 Å². The van der Waals surface area contributed by atoms with Crippen LogP contribution in [0, 0.1) is 23.2 Å². The maximum Gasteiger partial charge on any atom is 0.160 e. The van der Waals surface area contributed by atoms with Crippen LogP contribution in [-0.2, 0) is 0 Å². The average molecular weight is 189 g/mol. The van der Waals surface area contributed by atoms with Gasteiger partial charge in [-0.05, 0) is 6.07 Å². The Morgan fingerprint density at radius 3 is 2.73 bits per heavy atom. The molecule has 1 nitrogen and oxygen atoms in total. The van der Waals surface area contributed by atoms with Gasteiger partial charge in [0.05, 0.1) is 15.6 Å². The molecule has 0 saturated carbocycles. The van der Waals surface area contributed by atoms with Gasteiger partial charge in [-0.15, -0.1) is 0 Å². The van der Waals surface area contributed by atoms with E-state index in [0.29, 0.717) is 0 Å². The number of benzene rings is 1. The lowest BCUT2D eigenvalue weighted by atomic mass is 10.2. The highest BCUT2D eigenvalue weighted by Gasteiger charge is 2.07. The van der Waals surface area contributed by atoms with Gasteiger partial charge in [-0.25, -0.2) is 4.39 Å². The highest BCUT2D eigenvalue weighted by atomic mass is 35.5. The zero-order valence-corrected chi connectivity index (χ0v) is 6.67. The molecule has 4 heteroatoms. The van der Waals surface area contributed by atoms with E-state index in [2.05, 4.69) is 6.07 Å². The Hall–Kier alpha value is -0.780. The summed E-state index contributed by atoms with van der Waals surface area (Å²) in [6.45, 7) is 0. The van der Waals surface area contributed by atoms with Crippen molar-refractivity contribution in [2.24, 2.45) is 0 Å². The van der Waals surface area contributed by atoms with Crippen LogP contribution in [0.25, 0.3) is 0 Å². The highest BCUT2D eigenvalue weighted by molar-refractivity contribution is 6.34. The van der Waals surface area contributed by atoms with Gasteiger partial charge in [0.25, 0.3) is 0 Å². The van der Waals surface area contributed by atoms with Crippen molar-refractivity contribution in [2.45, 2.75) is 0 Å². The SMILES string of the molecule is N#Cc1cc(Cl)[c]c(Cl)c1F. The fraction of sp³-hybridized carbons (Fsp3) is 0. The average Bonchev–Trinajstić information content (AvgIpc) is 1.96. The molecule has 1 radical (unpaired) electrons. The van der Waals surface area contributed by atoms with E-state index in [1.807, 2.05) is 0 Å².